The van der Waals surface area contributed by atoms with E-state index in [2.05, 4.69) is 10.3 Å². The molecule has 0 radical (unpaired) electrons. The largest absolute Gasteiger partial charge is 0.348 e. The third kappa shape index (κ3) is 4.51. The molecule has 0 aromatic carbocycles. The Hall–Kier alpha value is -0.950. The highest BCUT2D eigenvalue weighted by atomic mass is 32.2. The SMILES string of the molecule is Cc1nc(C2CCCC2)sc1C(=O)N[C@H](C)CS(C)(=O)=O. The predicted molar refractivity (Wildman–Crippen MR) is 84.7 cm³/mol. The highest BCUT2D eigenvalue weighted by molar-refractivity contribution is 7.90. The fraction of sp³-hybridized carbons (Fsp3) is 0.714. The monoisotopic (exact) mass is 330 g/mol. The molecule has 0 saturated heterocycles. The van der Waals surface area contributed by atoms with E-state index in [-0.39, 0.29) is 11.7 Å². The summed E-state index contributed by atoms with van der Waals surface area (Å²) < 4.78 is 22.5. The molecule has 0 unspecified atom stereocenters. The molecule has 1 aromatic rings. The lowest BCUT2D eigenvalue weighted by molar-refractivity contribution is 0.0947. The standard InChI is InChI=1S/C14H22N2O3S2/c1-9(8-21(3,18)19)15-13(17)12-10(2)16-14(20-12)11-6-4-5-7-11/h9,11H,4-8H2,1-3H3,(H,15,17)/t9-/m1/s1. The summed E-state index contributed by atoms with van der Waals surface area (Å²) in [6, 6.07) is -0.399. The van der Waals surface area contributed by atoms with E-state index in [0.29, 0.717) is 10.8 Å². The molecule has 5 nitrogen and oxygen atoms in total. The minimum Gasteiger partial charge on any atom is -0.348 e. The molecular weight excluding hydrogens is 308 g/mol. The van der Waals surface area contributed by atoms with Crippen LogP contribution in [-0.4, -0.2) is 37.4 Å². The molecule has 1 aliphatic rings. The normalized spacial score (nSPS) is 17.9. The lowest BCUT2D eigenvalue weighted by Crippen LogP contribution is -2.37. The number of nitrogens with one attached hydrogen (secondary N) is 1. The van der Waals surface area contributed by atoms with Crippen LogP contribution in [0.2, 0.25) is 0 Å². The van der Waals surface area contributed by atoms with E-state index in [1.54, 1.807) is 6.92 Å². The van der Waals surface area contributed by atoms with Gasteiger partial charge in [0.1, 0.15) is 14.7 Å². The summed E-state index contributed by atoms with van der Waals surface area (Å²) in [6.07, 6.45) is 5.94. The van der Waals surface area contributed by atoms with Gasteiger partial charge in [0, 0.05) is 18.2 Å². The van der Waals surface area contributed by atoms with Crippen molar-refractivity contribution in [3.8, 4) is 0 Å². The Morgan fingerprint density at radius 1 is 1.43 bits per heavy atom. The zero-order valence-electron chi connectivity index (χ0n) is 12.7. The highest BCUT2D eigenvalue weighted by Gasteiger charge is 2.24. The molecule has 2 rings (SSSR count). The van der Waals surface area contributed by atoms with Gasteiger partial charge in [0.05, 0.1) is 16.5 Å². The van der Waals surface area contributed by atoms with Gasteiger partial charge in [-0.2, -0.15) is 0 Å². The summed E-state index contributed by atoms with van der Waals surface area (Å²) >= 11 is 1.45. The average molecular weight is 330 g/mol. The van der Waals surface area contributed by atoms with E-state index >= 15 is 0 Å². The predicted octanol–water partition coefficient (Wildman–Crippen LogP) is 2.27. The summed E-state index contributed by atoms with van der Waals surface area (Å²) in [5.74, 6) is 0.223. The van der Waals surface area contributed by atoms with Gasteiger partial charge in [0.25, 0.3) is 5.91 Å². The van der Waals surface area contributed by atoms with Crippen LogP contribution in [0, 0.1) is 6.92 Å². The Balaban J connectivity index is 2.05. The Labute approximate surface area is 130 Å². The van der Waals surface area contributed by atoms with E-state index in [0.717, 1.165) is 23.5 Å². The van der Waals surface area contributed by atoms with Crippen LogP contribution in [0.15, 0.2) is 0 Å². The van der Waals surface area contributed by atoms with Crippen LogP contribution < -0.4 is 5.32 Å². The fourth-order valence-corrected chi connectivity index (χ4v) is 4.89. The molecule has 1 aromatic heterocycles. The van der Waals surface area contributed by atoms with Gasteiger partial charge < -0.3 is 5.32 Å². The maximum atomic E-state index is 12.3. The molecular formula is C14H22N2O3S2. The molecule has 1 N–H and O–H groups in total. The Morgan fingerprint density at radius 2 is 2.05 bits per heavy atom. The number of amides is 1. The lowest BCUT2D eigenvalue weighted by atomic mass is 10.1. The van der Waals surface area contributed by atoms with Crippen molar-refractivity contribution in [2.75, 3.05) is 12.0 Å². The minimum atomic E-state index is -3.10. The van der Waals surface area contributed by atoms with Gasteiger partial charge in [-0.3, -0.25) is 4.79 Å². The van der Waals surface area contributed by atoms with Crippen molar-refractivity contribution >= 4 is 27.1 Å². The second-order valence-electron chi connectivity index (χ2n) is 5.91. The van der Waals surface area contributed by atoms with Crippen molar-refractivity contribution in [3.05, 3.63) is 15.6 Å². The van der Waals surface area contributed by atoms with Gasteiger partial charge >= 0.3 is 0 Å². The highest BCUT2D eigenvalue weighted by Crippen LogP contribution is 2.37. The van der Waals surface area contributed by atoms with Gasteiger partial charge in [0.2, 0.25) is 0 Å². The molecule has 21 heavy (non-hydrogen) atoms. The molecule has 1 fully saturated rings. The van der Waals surface area contributed by atoms with E-state index in [4.69, 9.17) is 0 Å². The maximum absolute atomic E-state index is 12.3. The first-order valence-corrected chi connectivity index (χ1v) is 10.1. The summed E-state index contributed by atoms with van der Waals surface area (Å²) in [5.41, 5.74) is 0.742. The van der Waals surface area contributed by atoms with Gasteiger partial charge in [-0.05, 0) is 26.7 Å². The quantitative estimate of drug-likeness (QED) is 0.898. The first-order valence-electron chi connectivity index (χ1n) is 7.22. The summed E-state index contributed by atoms with van der Waals surface area (Å²) in [4.78, 5) is 17.4. The number of hydrogen-bond donors (Lipinski definition) is 1. The molecule has 1 saturated carbocycles. The van der Waals surface area contributed by atoms with Crippen LogP contribution in [0.5, 0.6) is 0 Å². The molecule has 1 amide bonds. The van der Waals surface area contributed by atoms with Crippen LogP contribution in [0.3, 0.4) is 0 Å². The van der Waals surface area contributed by atoms with Crippen LogP contribution in [0.4, 0.5) is 0 Å². The van der Waals surface area contributed by atoms with Gasteiger partial charge in [0.15, 0.2) is 0 Å². The van der Waals surface area contributed by atoms with Crippen molar-refractivity contribution in [1.82, 2.24) is 10.3 Å². The van der Waals surface area contributed by atoms with Crippen LogP contribution in [0.1, 0.15) is 58.9 Å². The van der Waals surface area contributed by atoms with E-state index < -0.39 is 15.9 Å². The second kappa shape index (κ2) is 6.44. The van der Waals surface area contributed by atoms with Gasteiger partial charge in [-0.1, -0.05) is 12.8 Å². The number of hydrogen-bond acceptors (Lipinski definition) is 5. The Morgan fingerprint density at radius 3 is 2.62 bits per heavy atom. The van der Waals surface area contributed by atoms with E-state index in [1.165, 1.54) is 30.4 Å². The van der Waals surface area contributed by atoms with Crippen LogP contribution >= 0.6 is 11.3 Å². The molecule has 0 bridgehead atoms. The summed E-state index contributed by atoms with van der Waals surface area (Å²) in [6.45, 7) is 3.54. The summed E-state index contributed by atoms with van der Waals surface area (Å²) in [7, 11) is -3.10. The van der Waals surface area contributed by atoms with E-state index in [1.807, 2.05) is 6.92 Å². The fourth-order valence-electron chi connectivity index (χ4n) is 2.76. The number of nitrogens with zero attached hydrogens (tertiary/aromatic N) is 1. The number of aryl methyl sites for hydroxylation is 1. The van der Waals surface area contributed by atoms with Crippen molar-refractivity contribution < 1.29 is 13.2 Å². The number of aromatic nitrogens is 1. The summed E-state index contributed by atoms with van der Waals surface area (Å²) in [5, 5.41) is 3.80. The smallest absolute Gasteiger partial charge is 0.263 e. The maximum Gasteiger partial charge on any atom is 0.263 e. The molecule has 7 heteroatoms. The topological polar surface area (TPSA) is 76.1 Å². The van der Waals surface area contributed by atoms with Crippen molar-refractivity contribution in [1.29, 1.82) is 0 Å². The number of carbonyl (C=O) groups is 1. The van der Waals surface area contributed by atoms with Crippen LogP contribution in [0.25, 0.3) is 0 Å². The molecule has 1 atom stereocenters. The number of sulfone groups is 1. The van der Waals surface area contributed by atoms with E-state index in [9.17, 15) is 13.2 Å². The zero-order valence-corrected chi connectivity index (χ0v) is 14.3. The Bertz CT molecular complexity index is 616. The number of rotatable bonds is 5. The molecule has 1 heterocycles. The molecule has 0 aliphatic heterocycles. The van der Waals surface area contributed by atoms with Crippen molar-refractivity contribution in [3.63, 3.8) is 0 Å². The Kier molecular flexibility index (Phi) is 5.03. The first kappa shape index (κ1) is 16.4. The molecule has 0 spiro atoms. The molecule has 1 aliphatic carbocycles. The lowest BCUT2D eigenvalue weighted by Gasteiger charge is -2.11. The van der Waals surface area contributed by atoms with Gasteiger partial charge in [-0.15, -0.1) is 11.3 Å². The van der Waals surface area contributed by atoms with Crippen LogP contribution in [-0.2, 0) is 9.84 Å². The first-order chi connectivity index (χ1) is 9.76. The number of carbonyl (C=O) groups excluding carboxylic acids is 1. The third-order valence-electron chi connectivity index (χ3n) is 3.65. The second-order valence-corrected chi connectivity index (χ2v) is 9.13. The van der Waals surface area contributed by atoms with Crippen molar-refractivity contribution in [2.24, 2.45) is 0 Å². The third-order valence-corrected chi connectivity index (χ3v) is 6.08. The average Bonchev–Trinajstić information content (AvgIpc) is 2.94. The van der Waals surface area contributed by atoms with Gasteiger partial charge in [-0.25, -0.2) is 13.4 Å². The number of thiazole rings is 1. The molecule has 118 valence electrons. The minimum absolute atomic E-state index is 0.0495. The van der Waals surface area contributed by atoms with Crippen molar-refractivity contribution in [2.45, 2.75) is 51.5 Å². The zero-order chi connectivity index (χ0) is 15.6.